The third-order valence-electron chi connectivity index (χ3n) is 4.73. The van der Waals surface area contributed by atoms with Gasteiger partial charge in [-0.05, 0) is 50.3 Å². The standard InChI is InChI=1S/C21H32N4O2/c1-6-17(7-2)19-11-18(27-25-19)13-24-21(22-8-3)23-12-16-9-14(4)20(26)15(5)10-16/h9-11,17,26H,6-8,12-13H2,1-5H3,(H2,22,23,24). The summed E-state index contributed by atoms with van der Waals surface area (Å²) in [6.45, 7) is 12.0. The molecule has 0 spiro atoms. The molecule has 0 saturated heterocycles. The Morgan fingerprint density at radius 2 is 1.78 bits per heavy atom. The number of hydrogen-bond donors (Lipinski definition) is 3. The number of hydrogen-bond acceptors (Lipinski definition) is 4. The molecule has 2 rings (SSSR count). The summed E-state index contributed by atoms with van der Waals surface area (Å²) >= 11 is 0. The normalized spacial score (nSPS) is 11.9. The van der Waals surface area contributed by atoms with Gasteiger partial charge in [-0.1, -0.05) is 31.1 Å². The second kappa shape index (κ2) is 10.00. The highest BCUT2D eigenvalue weighted by molar-refractivity contribution is 5.79. The van der Waals surface area contributed by atoms with Crippen molar-refractivity contribution in [1.29, 1.82) is 0 Å². The van der Waals surface area contributed by atoms with Crippen molar-refractivity contribution >= 4 is 5.96 Å². The van der Waals surface area contributed by atoms with Gasteiger partial charge in [0.2, 0.25) is 0 Å². The van der Waals surface area contributed by atoms with Crippen LogP contribution in [0.1, 0.15) is 67.7 Å². The van der Waals surface area contributed by atoms with E-state index in [0.29, 0.717) is 24.8 Å². The van der Waals surface area contributed by atoms with Crippen LogP contribution < -0.4 is 10.6 Å². The smallest absolute Gasteiger partial charge is 0.191 e. The van der Waals surface area contributed by atoms with Crippen molar-refractivity contribution in [2.24, 2.45) is 4.99 Å². The largest absolute Gasteiger partial charge is 0.507 e. The predicted molar refractivity (Wildman–Crippen MR) is 109 cm³/mol. The maximum Gasteiger partial charge on any atom is 0.191 e. The number of benzene rings is 1. The van der Waals surface area contributed by atoms with E-state index in [1.807, 2.05) is 39.0 Å². The molecule has 0 radical (unpaired) electrons. The fourth-order valence-corrected chi connectivity index (χ4v) is 3.13. The van der Waals surface area contributed by atoms with Crippen molar-refractivity contribution in [2.45, 2.75) is 66.5 Å². The molecule has 2 aromatic rings. The number of guanidine groups is 1. The highest BCUT2D eigenvalue weighted by atomic mass is 16.5. The van der Waals surface area contributed by atoms with E-state index in [0.717, 1.165) is 53.5 Å². The summed E-state index contributed by atoms with van der Waals surface area (Å²) in [7, 11) is 0. The van der Waals surface area contributed by atoms with E-state index in [2.05, 4.69) is 34.6 Å². The van der Waals surface area contributed by atoms with Crippen LogP contribution in [0.5, 0.6) is 5.75 Å². The minimum absolute atomic E-state index is 0.353. The summed E-state index contributed by atoms with van der Waals surface area (Å²) in [6, 6.07) is 5.96. The molecular weight excluding hydrogens is 340 g/mol. The van der Waals surface area contributed by atoms with Gasteiger partial charge in [0, 0.05) is 18.5 Å². The average molecular weight is 373 g/mol. The first-order valence-corrected chi connectivity index (χ1v) is 9.75. The van der Waals surface area contributed by atoms with Gasteiger partial charge in [0.05, 0.1) is 18.8 Å². The van der Waals surface area contributed by atoms with Gasteiger partial charge in [-0.3, -0.25) is 0 Å². The van der Waals surface area contributed by atoms with E-state index >= 15 is 0 Å². The molecule has 0 aliphatic carbocycles. The lowest BCUT2D eigenvalue weighted by Gasteiger charge is -2.11. The molecule has 0 aliphatic rings. The summed E-state index contributed by atoms with van der Waals surface area (Å²) in [5, 5.41) is 20.6. The number of nitrogens with one attached hydrogen (secondary N) is 2. The number of aromatic hydroxyl groups is 1. The second-order valence-corrected chi connectivity index (χ2v) is 6.86. The quantitative estimate of drug-likeness (QED) is 0.479. The van der Waals surface area contributed by atoms with Gasteiger partial charge in [-0.25, -0.2) is 4.99 Å². The molecule has 0 aliphatic heterocycles. The zero-order valence-electron chi connectivity index (χ0n) is 17.1. The zero-order valence-corrected chi connectivity index (χ0v) is 17.1. The van der Waals surface area contributed by atoms with E-state index in [1.54, 1.807) is 0 Å². The van der Waals surface area contributed by atoms with Crippen molar-refractivity contribution < 1.29 is 9.63 Å². The summed E-state index contributed by atoms with van der Waals surface area (Å²) in [5.74, 6) is 2.33. The van der Waals surface area contributed by atoms with Gasteiger partial charge in [0.25, 0.3) is 0 Å². The minimum Gasteiger partial charge on any atom is -0.507 e. The molecule has 6 nitrogen and oxygen atoms in total. The van der Waals surface area contributed by atoms with Crippen molar-refractivity contribution in [3.05, 3.63) is 46.3 Å². The van der Waals surface area contributed by atoms with Crippen LogP contribution >= 0.6 is 0 Å². The van der Waals surface area contributed by atoms with Crippen LogP contribution in [0.15, 0.2) is 27.7 Å². The predicted octanol–water partition coefficient (Wildman–Crippen LogP) is 4.16. The van der Waals surface area contributed by atoms with Crippen LogP contribution in [0.2, 0.25) is 0 Å². The van der Waals surface area contributed by atoms with Gasteiger partial charge >= 0.3 is 0 Å². The van der Waals surface area contributed by atoms with Crippen LogP contribution in [-0.4, -0.2) is 22.8 Å². The second-order valence-electron chi connectivity index (χ2n) is 6.86. The van der Waals surface area contributed by atoms with Crippen molar-refractivity contribution in [3.63, 3.8) is 0 Å². The van der Waals surface area contributed by atoms with Crippen molar-refractivity contribution in [3.8, 4) is 5.75 Å². The third kappa shape index (κ3) is 5.74. The molecule has 1 aromatic heterocycles. The molecule has 1 heterocycles. The SMILES string of the molecule is CCNC(=NCc1cc(C)c(O)c(C)c1)NCc1cc(C(CC)CC)no1. The first-order valence-electron chi connectivity index (χ1n) is 9.75. The van der Waals surface area contributed by atoms with E-state index in [4.69, 9.17) is 4.52 Å². The summed E-state index contributed by atoms with van der Waals surface area (Å²) in [5.41, 5.74) is 3.83. The molecule has 0 unspecified atom stereocenters. The van der Waals surface area contributed by atoms with Crippen LogP contribution in [0.3, 0.4) is 0 Å². The molecule has 1 aromatic carbocycles. The first-order chi connectivity index (χ1) is 13.0. The Hall–Kier alpha value is -2.50. The number of aliphatic imine (C=N–C) groups is 1. The lowest BCUT2D eigenvalue weighted by atomic mass is 9.99. The highest BCUT2D eigenvalue weighted by Gasteiger charge is 2.13. The Bertz CT molecular complexity index is 740. The molecule has 148 valence electrons. The number of aryl methyl sites for hydroxylation is 2. The first kappa shape index (κ1) is 20.8. The number of phenolic OH excluding ortho intramolecular Hbond substituents is 1. The zero-order chi connectivity index (χ0) is 19.8. The maximum atomic E-state index is 9.90. The fourth-order valence-electron chi connectivity index (χ4n) is 3.13. The van der Waals surface area contributed by atoms with E-state index in [9.17, 15) is 5.11 Å². The molecule has 6 heteroatoms. The summed E-state index contributed by atoms with van der Waals surface area (Å²) < 4.78 is 5.46. The Labute approximate surface area is 162 Å². The number of nitrogens with zero attached hydrogens (tertiary/aromatic N) is 2. The van der Waals surface area contributed by atoms with Gasteiger partial charge in [0.15, 0.2) is 11.7 Å². The van der Waals surface area contributed by atoms with Gasteiger partial charge in [0.1, 0.15) is 5.75 Å². The van der Waals surface area contributed by atoms with Crippen molar-refractivity contribution in [1.82, 2.24) is 15.8 Å². The molecule has 0 atom stereocenters. The highest BCUT2D eigenvalue weighted by Crippen LogP contribution is 2.23. The van der Waals surface area contributed by atoms with Crippen LogP contribution in [0.4, 0.5) is 0 Å². The van der Waals surface area contributed by atoms with Gasteiger partial charge in [-0.2, -0.15) is 0 Å². The van der Waals surface area contributed by atoms with Gasteiger partial charge in [-0.15, -0.1) is 0 Å². The van der Waals surface area contributed by atoms with E-state index in [-0.39, 0.29) is 0 Å². The Balaban J connectivity index is 2.02. The molecule has 0 bridgehead atoms. The average Bonchev–Trinajstić information content (AvgIpc) is 3.11. The number of rotatable bonds is 8. The number of aromatic nitrogens is 1. The molecule has 27 heavy (non-hydrogen) atoms. The lowest BCUT2D eigenvalue weighted by molar-refractivity contribution is 0.368. The summed E-state index contributed by atoms with van der Waals surface area (Å²) in [6.07, 6.45) is 2.12. The molecule has 0 fully saturated rings. The van der Waals surface area contributed by atoms with Gasteiger partial charge < -0.3 is 20.3 Å². The molecule has 3 N–H and O–H groups in total. The lowest BCUT2D eigenvalue weighted by Crippen LogP contribution is -2.36. The topological polar surface area (TPSA) is 82.7 Å². The van der Waals surface area contributed by atoms with Crippen LogP contribution in [0, 0.1) is 13.8 Å². The summed E-state index contributed by atoms with van der Waals surface area (Å²) in [4.78, 5) is 4.64. The monoisotopic (exact) mass is 372 g/mol. The molecule has 0 saturated carbocycles. The minimum atomic E-state index is 0.353. The van der Waals surface area contributed by atoms with E-state index < -0.39 is 0 Å². The fraction of sp³-hybridized carbons (Fsp3) is 0.524. The Kier molecular flexibility index (Phi) is 7.70. The molecular formula is C21H32N4O2. The Morgan fingerprint density at radius 3 is 2.37 bits per heavy atom. The van der Waals surface area contributed by atoms with E-state index in [1.165, 1.54) is 0 Å². The third-order valence-corrected chi connectivity index (χ3v) is 4.73. The number of phenols is 1. The maximum absolute atomic E-state index is 9.90. The van der Waals surface area contributed by atoms with Crippen LogP contribution in [-0.2, 0) is 13.1 Å². The Morgan fingerprint density at radius 1 is 1.11 bits per heavy atom. The molecule has 0 amide bonds. The van der Waals surface area contributed by atoms with Crippen molar-refractivity contribution in [2.75, 3.05) is 6.54 Å². The van der Waals surface area contributed by atoms with Crippen LogP contribution in [0.25, 0.3) is 0 Å².